The molecule has 1 aliphatic heterocycles. The highest BCUT2D eigenvalue weighted by Crippen LogP contribution is 2.22. The number of pyridine rings is 1. The maximum absolute atomic E-state index is 5.92. The summed E-state index contributed by atoms with van der Waals surface area (Å²) in [5.74, 6) is 1.50. The number of nitrogens with one attached hydrogen (secondary N) is 1. The van der Waals surface area contributed by atoms with Crippen LogP contribution in [0.5, 0.6) is 0 Å². The number of halogens is 1. The molecule has 3 heterocycles. The van der Waals surface area contributed by atoms with Gasteiger partial charge in [-0.05, 0) is 25.5 Å². The van der Waals surface area contributed by atoms with Crippen molar-refractivity contribution in [3.8, 4) is 0 Å². The van der Waals surface area contributed by atoms with Crippen molar-refractivity contribution in [1.29, 1.82) is 0 Å². The molecule has 2 aromatic rings. The van der Waals surface area contributed by atoms with E-state index in [1.807, 2.05) is 22.7 Å². The molecule has 84 valence electrons. The fourth-order valence-electron chi connectivity index (χ4n) is 2.24. The Morgan fingerprint density at radius 1 is 1.44 bits per heavy atom. The molecular weight excluding hydrogens is 224 g/mol. The summed E-state index contributed by atoms with van der Waals surface area (Å²) in [5.41, 5.74) is 0.827. The van der Waals surface area contributed by atoms with Crippen LogP contribution < -0.4 is 5.32 Å². The summed E-state index contributed by atoms with van der Waals surface area (Å²) < 4.78 is 2.03. The van der Waals surface area contributed by atoms with Gasteiger partial charge in [0.05, 0.1) is 0 Å². The van der Waals surface area contributed by atoms with Gasteiger partial charge in [0.25, 0.3) is 0 Å². The second kappa shape index (κ2) is 4.03. The Balaban J connectivity index is 2.03. The minimum atomic E-state index is 0.463. The lowest BCUT2D eigenvalue weighted by Crippen LogP contribution is -2.29. The molecule has 0 amide bonds. The van der Waals surface area contributed by atoms with Gasteiger partial charge >= 0.3 is 0 Å². The Morgan fingerprint density at radius 2 is 2.38 bits per heavy atom. The van der Waals surface area contributed by atoms with Crippen molar-refractivity contribution in [2.24, 2.45) is 0 Å². The Hall–Kier alpha value is -1.13. The van der Waals surface area contributed by atoms with E-state index in [1.165, 1.54) is 12.8 Å². The Bertz CT molecular complexity index is 502. The van der Waals surface area contributed by atoms with Gasteiger partial charge in [-0.15, -0.1) is 10.2 Å². The largest absolute Gasteiger partial charge is 0.316 e. The third kappa shape index (κ3) is 1.68. The van der Waals surface area contributed by atoms with Crippen LogP contribution in [0.2, 0.25) is 5.02 Å². The van der Waals surface area contributed by atoms with E-state index in [2.05, 4.69) is 15.5 Å². The van der Waals surface area contributed by atoms with E-state index in [4.69, 9.17) is 11.6 Å². The molecule has 1 saturated heterocycles. The van der Waals surface area contributed by atoms with Crippen molar-refractivity contribution < 1.29 is 0 Å². The van der Waals surface area contributed by atoms with Crippen LogP contribution in [0, 0.1) is 0 Å². The molecule has 4 nitrogen and oxygen atoms in total. The van der Waals surface area contributed by atoms with Crippen LogP contribution in [0.1, 0.15) is 24.6 Å². The van der Waals surface area contributed by atoms with Gasteiger partial charge in [-0.2, -0.15) is 0 Å². The van der Waals surface area contributed by atoms with E-state index in [9.17, 15) is 0 Å². The van der Waals surface area contributed by atoms with E-state index >= 15 is 0 Å². The lowest BCUT2D eigenvalue weighted by Gasteiger charge is -2.21. The summed E-state index contributed by atoms with van der Waals surface area (Å²) in [6.07, 6.45) is 4.32. The lowest BCUT2D eigenvalue weighted by molar-refractivity contribution is 0.444. The third-order valence-electron chi connectivity index (χ3n) is 3.06. The molecule has 1 N–H and O–H groups in total. The molecule has 0 saturated carbocycles. The Kier molecular flexibility index (Phi) is 2.53. The van der Waals surface area contributed by atoms with Crippen LogP contribution in [0.15, 0.2) is 18.3 Å². The molecule has 0 spiro atoms. The molecule has 16 heavy (non-hydrogen) atoms. The van der Waals surface area contributed by atoms with Crippen LogP contribution in [-0.2, 0) is 0 Å². The van der Waals surface area contributed by atoms with Gasteiger partial charge in [0.15, 0.2) is 5.65 Å². The van der Waals surface area contributed by atoms with E-state index in [-0.39, 0.29) is 0 Å². The molecule has 1 fully saturated rings. The molecule has 3 rings (SSSR count). The fraction of sp³-hybridized carbons (Fsp3) is 0.455. The number of hydrogen-bond donors (Lipinski definition) is 1. The summed E-state index contributed by atoms with van der Waals surface area (Å²) in [7, 11) is 0. The van der Waals surface area contributed by atoms with Crippen LogP contribution >= 0.6 is 11.6 Å². The summed E-state index contributed by atoms with van der Waals surface area (Å²) in [4.78, 5) is 0. The molecular formula is C11H13ClN4. The van der Waals surface area contributed by atoms with E-state index in [0.29, 0.717) is 10.9 Å². The first kappa shape index (κ1) is 10.1. The van der Waals surface area contributed by atoms with Gasteiger partial charge in [0.2, 0.25) is 0 Å². The minimum Gasteiger partial charge on any atom is -0.316 e. The molecule has 2 aromatic heterocycles. The van der Waals surface area contributed by atoms with Crippen molar-refractivity contribution in [1.82, 2.24) is 19.9 Å². The van der Waals surface area contributed by atoms with Gasteiger partial charge in [-0.3, -0.25) is 4.40 Å². The zero-order valence-electron chi connectivity index (χ0n) is 8.86. The second-order valence-electron chi connectivity index (χ2n) is 4.17. The monoisotopic (exact) mass is 236 g/mol. The van der Waals surface area contributed by atoms with Crippen LogP contribution in [0.25, 0.3) is 5.65 Å². The molecule has 0 bridgehead atoms. The van der Waals surface area contributed by atoms with Crippen molar-refractivity contribution in [3.05, 3.63) is 29.2 Å². The van der Waals surface area contributed by atoms with Gasteiger partial charge < -0.3 is 5.32 Å². The highest BCUT2D eigenvalue weighted by Gasteiger charge is 2.20. The minimum absolute atomic E-state index is 0.463. The molecule has 1 atom stereocenters. The molecule has 0 aliphatic carbocycles. The lowest BCUT2D eigenvalue weighted by atomic mass is 9.99. The van der Waals surface area contributed by atoms with Crippen molar-refractivity contribution in [2.75, 3.05) is 13.1 Å². The first-order valence-corrected chi connectivity index (χ1v) is 5.93. The highest BCUT2D eigenvalue weighted by atomic mass is 35.5. The van der Waals surface area contributed by atoms with Crippen LogP contribution in [-0.4, -0.2) is 27.7 Å². The number of aromatic nitrogens is 3. The first-order valence-electron chi connectivity index (χ1n) is 5.55. The summed E-state index contributed by atoms with van der Waals surface area (Å²) in [6.45, 7) is 2.10. The second-order valence-corrected chi connectivity index (χ2v) is 4.61. The van der Waals surface area contributed by atoms with Gasteiger partial charge in [0, 0.05) is 29.7 Å². The predicted molar refractivity (Wildman–Crippen MR) is 62.8 cm³/mol. The smallest absolute Gasteiger partial charge is 0.162 e. The highest BCUT2D eigenvalue weighted by molar-refractivity contribution is 6.30. The predicted octanol–water partition coefficient (Wildman–Crippen LogP) is 1.85. The average Bonchev–Trinajstić information content (AvgIpc) is 2.73. The van der Waals surface area contributed by atoms with E-state index in [0.717, 1.165) is 24.6 Å². The fourth-order valence-corrected chi connectivity index (χ4v) is 2.39. The number of rotatable bonds is 1. The molecule has 0 radical (unpaired) electrons. The zero-order valence-corrected chi connectivity index (χ0v) is 9.61. The van der Waals surface area contributed by atoms with Gasteiger partial charge in [0.1, 0.15) is 5.82 Å². The standard InChI is InChI=1S/C11H13ClN4/c12-9-3-5-16-10(6-9)14-15-11(16)8-2-1-4-13-7-8/h3,5-6,8,13H,1-2,4,7H2. The zero-order chi connectivity index (χ0) is 11.0. The Labute approximate surface area is 98.6 Å². The number of piperidine rings is 1. The third-order valence-corrected chi connectivity index (χ3v) is 3.30. The number of hydrogen-bond acceptors (Lipinski definition) is 3. The summed E-state index contributed by atoms with van der Waals surface area (Å²) in [6, 6.07) is 3.71. The van der Waals surface area contributed by atoms with Gasteiger partial charge in [-0.1, -0.05) is 11.6 Å². The molecule has 5 heteroatoms. The van der Waals surface area contributed by atoms with Crippen molar-refractivity contribution >= 4 is 17.2 Å². The maximum Gasteiger partial charge on any atom is 0.162 e. The molecule has 1 unspecified atom stereocenters. The van der Waals surface area contributed by atoms with Gasteiger partial charge in [-0.25, -0.2) is 0 Å². The summed E-state index contributed by atoms with van der Waals surface area (Å²) in [5, 5.41) is 12.5. The van der Waals surface area contributed by atoms with Crippen LogP contribution in [0.3, 0.4) is 0 Å². The van der Waals surface area contributed by atoms with E-state index in [1.54, 1.807) is 0 Å². The SMILES string of the molecule is Clc1ccn2c(C3CCCNC3)nnc2c1. The molecule has 0 aromatic carbocycles. The number of fused-ring (bicyclic) bond motifs is 1. The average molecular weight is 237 g/mol. The number of nitrogens with zero attached hydrogens (tertiary/aromatic N) is 3. The first-order chi connectivity index (χ1) is 7.84. The Morgan fingerprint density at radius 3 is 3.19 bits per heavy atom. The molecule has 1 aliphatic rings. The quantitative estimate of drug-likeness (QED) is 0.822. The normalized spacial score (nSPS) is 21.4. The van der Waals surface area contributed by atoms with E-state index < -0.39 is 0 Å². The topological polar surface area (TPSA) is 42.2 Å². The van der Waals surface area contributed by atoms with Crippen molar-refractivity contribution in [2.45, 2.75) is 18.8 Å². The maximum atomic E-state index is 5.92. The van der Waals surface area contributed by atoms with Crippen molar-refractivity contribution in [3.63, 3.8) is 0 Å². The van der Waals surface area contributed by atoms with Crippen LogP contribution in [0.4, 0.5) is 0 Å². The summed E-state index contributed by atoms with van der Waals surface area (Å²) >= 11 is 5.92.